The summed E-state index contributed by atoms with van der Waals surface area (Å²) in [4.78, 5) is 27.4. The molecule has 9 heteroatoms. The Morgan fingerprint density at radius 3 is 2.24 bits per heavy atom. The third kappa shape index (κ3) is 5.14. The topological polar surface area (TPSA) is 97.2 Å². The lowest BCUT2D eigenvalue weighted by molar-refractivity contribution is -0.384. The maximum atomic E-state index is 12.4. The second-order valence-corrected chi connectivity index (χ2v) is 6.65. The highest BCUT2D eigenvalue weighted by atomic mass is 16.6. The van der Waals surface area contributed by atoms with Crippen molar-refractivity contribution in [1.29, 1.82) is 0 Å². The number of nitrogens with zero attached hydrogens (tertiary/aromatic N) is 3. The molecule has 0 unspecified atom stereocenters. The molecule has 1 amide bonds. The fraction of sp³-hybridized carbons (Fsp3) is 0.350. The fourth-order valence-electron chi connectivity index (χ4n) is 3.25. The van der Waals surface area contributed by atoms with Crippen molar-refractivity contribution in [2.75, 3.05) is 57.2 Å². The van der Waals surface area contributed by atoms with E-state index in [-0.39, 0.29) is 23.8 Å². The van der Waals surface area contributed by atoms with Crippen LogP contribution in [-0.4, -0.2) is 62.7 Å². The van der Waals surface area contributed by atoms with Crippen molar-refractivity contribution in [1.82, 2.24) is 4.90 Å². The molecule has 3 rings (SSSR count). The summed E-state index contributed by atoms with van der Waals surface area (Å²) in [5, 5.41) is 13.9. The van der Waals surface area contributed by atoms with Gasteiger partial charge in [-0.1, -0.05) is 0 Å². The van der Waals surface area contributed by atoms with Gasteiger partial charge in [-0.3, -0.25) is 19.8 Å². The maximum Gasteiger partial charge on any atom is 0.296 e. The lowest BCUT2D eigenvalue weighted by Gasteiger charge is -2.35. The Balaban J connectivity index is 1.54. The van der Waals surface area contributed by atoms with Gasteiger partial charge in [0, 0.05) is 31.9 Å². The number of piperazine rings is 1. The van der Waals surface area contributed by atoms with E-state index in [2.05, 4.69) is 10.2 Å². The Morgan fingerprint density at radius 2 is 1.66 bits per heavy atom. The smallest absolute Gasteiger partial charge is 0.296 e. The summed E-state index contributed by atoms with van der Waals surface area (Å²) in [6.45, 7) is 3.22. The van der Waals surface area contributed by atoms with Crippen LogP contribution in [0, 0.1) is 10.1 Å². The number of benzene rings is 2. The number of hydrogen-bond donors (Lipinski definition) is 1. The molecule has 0 radical (unpaired) electrons. The molecule has 1 saturated heterocycles. The van der Waals surface area contributed by atoms with E-state index in [1.807, 2.05) is 29.2 Å². The van der Waals surface area contributed by atoms with E-state index in [4.69, 9.17) is 9.47 Å². The normalized spacial score (nSPS) is 14.3. The number of carbonyl (C=O) groups excluding carboxylic acids is 1. The zero-order valence-corrected chi connectivity index (χ0v) is 16.5. The molecule has 2 aromatic rings. The van der Waals surface area contributed by atoms with Gasteiger partial charge in [-0.05, 0) is 36.4 Å². The van der Waals surface area contributed by atoms with Gasteiger partial charge in [0.25, 0.3) is 5.69 Å². The lowest BCUT2D eigenvalue weighted by Crippen LogP contribution is -2.48. The number of rotatable bonds is 7. The fourth-order valence-corrected chi connectivity index (χ4v) is 3.25. The number of anilines is 2. The standard InChI is InChI=1S/C20H24N4O5/c1-28-16-5-3-15(4-6-16)23-11-9-22(10-12-23)14-20(25)21-18-8-7-17(29-2)13-19(18)24(26)27/h3-8,13H,9-12,14H2,1-2H3,(H,21,25). The molecule has 0 aromatic heterocycles. The number of carbonyl (C=O) groups is 1. The minimum Gasteiger partial charge on any atom is -0.497 e. The van der Waals surface area contributed by atoms with Crippen molar-refractivity contribution in [2.24, 2.45) is 0 Å². The average Bonchev–Trinajstić information content (AvgIpc) is 2.74. The highest BCUT2D eigenvalue weighted by molar-refractivity contribution is 5.94. The van der Waals surface area contributed by atoms with Gasteiger partial charge >= 0.3 is 0 Å². The molecule has 0 bridgehead atoms. The minimum atomic E-state index is -0.536. The molecule has 0 saturated carbocycles. The Kier molecular flexibility index (Phi) is 6.50. The van der Waals surface area contributed by atoms with Crippen LogP contribution in [0.2, 0.25) is 0 Å². The number of amides is 1. The molecule has 154 valence electrons. The van der Waals surface area contributed by atoms with E-state index < -0.39 is 4.92 Å². The molecule has 0 aliphatic carbocycles. The first-order valence-electron chi connectivity index (χ1n) is 9.24. The Bertz CT molecular complexity index is 864. The molecule has 1 fully saturated rings. The zero-order chi connectivity index (χ0) is 20.8. The van der Waals surface area contributed by atoms with Gasteiger partial charge in [-0.25, -0.2) is 0 Å². The third-order valence-corrected chi connectivity index (χ3v) is 4.85. The summed E-state index contributed by atoms with van der Waals surface area (Å²) in [5.41, 5.74) is 1.09. The molecule has 0 spiro atoms. The number of nitrogens with one attached hydrogen (secondary N) is 1. The Morgan fingerprint density at radius 1 is 1.03 bits per heavy atom. The largest absolute Gasteiger partial charge is 0.497 e. The first-order chi connectivity index (χ1) is 14.0. The van der Waals surface area contributed by atoms with E-state index in [0.29, 0.717) is 5.75 Å². The van der Waals surface area contributed by atoms with Crippen LogP contribution in [0.5, 0.6) is 11.5 Å². The van der Waals surface area contributed by atoms with E-state index in [9.17, 15) is 14.9 Å². The van der Waals surface area contributed by atoms with Crippen molar-refractivity contribution in [3.8, 4) is 11.5 Å². The van der Waals surface area contributed by atoms with E-state index >= 15 is 0 Å². The molecular formula is C20H24N4O5. The van der Waals surface area contributed by atoms with E-state index in [1.165, 1.54) is 19.2 Å². The summed E-state index contributed by atoms with van der Waals surface area (Å²) in [6, 6.07) is 12.2. The van der Waals surface area contributed by atoms with Gasteiger partial charge in [0.15, 0.2) is 0 Å². The number of nitro groups is 1. The molecule has 9 nitrogen and oxygen atoms in total. The number of hydrogen-bond acceptors (Lipinski definition) is 7. The van der Waals surface area contributed by atoms with Crippen LogP contribution in [0.15, 0.2) is 42.5 Å². The summed E-state index contributed by atoms with van der Waals surface area (Å²) in [7, 11) is 3.07. The number of ether oxygens (including phenoxy) is 2. The minimum absolute atomic E-state index is 0.165. The second-order valence-electron chi connectivity index (χ2n) is 6.65. The van der Waals surface area contributed by atoms with E-state index in [1.54, 1.807) is 13.2 Å². The predicted molar refractivity (Wildman–Crippen MR) is 110 cm³/mol. The highest BCUT2D eigenvalue weighted by Gasteiger charge is 2.21. The molecular weight excluding hydrogens is 376 g/mol. The van der Waals surface area contributed by atoms with Crippen LogP contribution >= 0.6 is 0 Å². The van der Waals surface area contributed by atoms with Gasteiger partial charge in [-0.15, -0.1) is 0 Å². The first-order valence-corrected chi connectivity index (χ1v) is 9.24. The molecule has 1 aliphatic heterocycles. The zero-order valence-electron chi connectivity index (χ0n) is 16.5. The molecule has 2 aromatic carbocycles. The van der Waals surface area contributed by atoms with Gasteiger partial charge in [0.05, 0.1) is 31.8 Å². The SMILES string of the molecule is COc1ccc(N2CCN(CC(=O)Nc3ccc(OC)cc3[N+](=O)[O-])CC2)cc1. The summed E-state index contributed by atoms with van der Waals surface area (Å²) in [6.07, 6.45) is 0. The molecule has 1 aliphatic rings. The van der Waals surface area contributed by atoms with Gasteiger partial charge in [-0.2, -0.15) is 0 Å². The van der Waals surface area contributed by atoms with Crippen molar-refractivity contribution < 1.29 is 19.2 Å². The van der Waals surface area contributed by atoms with Crippen molar-refractivity contribution in [2.45, 2.75) is 0 Å². The Hall–Kier alpha value is -3.33. The summed E-state index contributed by atoms with van der Waals surface area (Å²) < 4.78 is 10.2. The highest BCUT2D eigenvalue weighted by Crippen LogP contribution is 2.29. The van der Waals surface area contributed by atoms with Crippen molar-refractivity contribution in [3.63, 3.8) is 0 Å². The third-order valence-electron chi connectivity index (χ3n) is 4.85. The monoisotopic (exact) mass is 400 g/mol. The predicted octanol–water partition coefficient (Wildman–Crippen LogP) is 2.37. The quantitative estimate of drug-likeness (QED) is 0.563. The lowest BCUT2D eigenvalue weighted by atomic mass is 10.2. The second kappa shape index (κ2) is 9.24. The van der Waals surface area contributed by atoms with Crippen LogP contribution in [0.1, 0.15) is 0 Å². The van der Waals surface area contributed by atoms with Crippen LogP contribution in [0.4, 0.5) is 17.1 Å². The maximum absolute atomic E-state index is 12.4. The molecule has 1 N–H and O–H groups in total. The first kappa shape index (κ1) is 20.4. The van der Waals surface area contributed by atoms with Gasteiger partial charge < -0.3 is 19.7 Å². The van der Waals surface area contributed by atoms with E-state index in [0.717, 1.165) is 37.6 Å². The molecule has 1 heterocycles. The summed E-state index contributed by atoms with van der Waals surface area (Å²) in [5.74, 6) is 0.900. The van der Waals surface area contributed by atoms with Crippen LogP contribution in [-0.2, 0) is 4.79 Å². The van der Waals surface area contributed by atoms with Gasteiger partial charge in [0.1, 0.15) is 17.2 Å². The van der Waals surface area contributed by atoms with Gasteiger partial charge in [0.2, 0.25) is 5.91 Å². The van der Waals surface area contributed by atoms with Crippen LogP contribution < -0.4 is 19.7 Å². The van der Waals surface area contributed by atoms with Crippen LogP contribution in [0.3, 0.4) is 0 Å². The number of methoxy groups -OCH3 is 2. The van der Waals surface area contributed by atoms with Crippen LogP contribution in [0.25, 0.3) is 0 Å². The number of nitro benzene ring substituents is 1. The summed E-state index contributed by atoms with van der Waals surface area (Å²) >= 11 is 0. The average molecular weight is 400 g/mol. The molecule has 0 atom stereocenters. The Labute approximate surface area is 169 Å². The van der Waals surface area contributed by atoms with Crippen molar-refractivity contribution >= 4 is 23.0 Å². The molecule has 29 heavy (non-hydrogen) atoms. The van der Waals surface area contributed by atoms with Crippen molar-refractivity contribution in [3.05, 3.63) is 52.6 Å².